The minimum absolute atomic E-state index is 0.0879. The molecule has 166 valence electrons. The van der Waals surface area contributed by atoms with Crippen LogP contribution in [0.15, 0.2) is 24.3 Å². The van der Waals surface area contributed by atoms with Crippen LogP contribution in [0, 0.1) is 11.3 Å². The van der Waals surface area contributed by atoms with E-state index in [2.05, 4.69) is 20.8 Å². The number of benzene rings is 1. The van der Waals surface area contributed by atoms with Crippen molar-refractivity contribution < 1.29 is 14.3 Å². The Labute approximate surface area is 185 Å². The van der Waals surface area contributed by atoms with Gasteiger partial charge in [-0.1, -0.05) is 51.8 Å². The van der Waals surface area contributed by atoms with Crippen molar-refractivity contribution in [2.75, 3.05) is 19.7 Å². The summed E-state index contributed by atoms with van der Waals surface area (Å²) in [6.45, 7) is 8.11. The number of ether oxygens (including phenoxy) is 1. The van der Waals surface area contributed by atoms with E-state index in [0.717, 1.165) is 80.2 Å². The molecule has 0 spiro atoms. The van der Waals surface area contributed by atoms with Gasteiger partial charge in [0.05, 0.1) is 11.1 Å². The predicted octanol–water partition coefficient (Wildman–Crippen LogP) is 4.95. The summed E-state index contributed by atoms with van der Waals surface area (Å²) in [6, 6.07) is 7.77. The van der Waals surface area contributed by atoms with Gasteiger partial charge in [-0.2, -0.15) is 0 Å². The molecule has 1 aliphatic carbocycles. The number of likely N-dealkylation sites (tertiary alicyclic amines) is 1. The summed E-state index contributed by atoms with van der Waals surface area (Å²) in [7, 11) is 0. The van der Waals surface area contributed by atoms with Crippen molar-refractivity contribution in [1.29, 1.82) is 0 Å². The van der Waals surface area contributed by atoms with Crippen LogP contribution in [0.3, 0.4) is 0 Å². The number of carbonyl (C=O) groups is 2. The molecule has 1 fully saturated rings. The summed E-state index contributed by atoms with van der Waals surface area (Å²) >= 11 is 0. The van der Waals surface area contributed by atoms with Gasteiger partial charge in [0, 0.05) is 24.2 Å². The Hall–Kier alpha value is -2.43. The second kappa shape index (κ2) is 8.97. The van der Waals surface area contributed by atoms with Crippen LogP contribution in [0.25, 0.3) is 10.9 Å². The molecule has 1 aromatic carbocycles. The maximum atomic E-state index is 13.3. The molecule has 2 aromatic rings. The fourth-order valence-electron chi connectivity index (χ4n) is 4.97. The van der Waals surface area contributed by atoms with Gasteiger partial charge in [-0.25, -0.2) is 4.79 Å². The molecule has 31 heavy (non-hydrogen) atoms. The molecule has 0 N–H and O–H groups in total. The van der Waals surface area contributed by atoms with E-state index in [-0.39, 0.29) is 17.9 Å². The maximum absolute atomic E-state index is 13.3. The highest BCUT2D eigenvalue weighted by molar-refractivity contribution is 6.05. The zero-order chi connectivity index (χ0) is 22.0. The first kappa shape index (κ1) is 21.8. The summed E-state index contributed by atoms with van der Waals surface area (Å²) in [4.78, 5) is 32.7. The Morgan fingerprint density at radius 3 is 2.52 bits per heavy atom. The minimum atomic E-state index is -0.396. The van der Waals surface area contributed by atoms with Crippen LogP contribution in [0.5, 0.6) is 0 Å². The van der Waals surface area contributed by atoms with E-state index in [1.54, 1.807) is 0 Å². The molecule has 0 bridgehead atoms. The molecule has 0 saturated carbocycles. The van der Waals surface area contributed by atoms with Crippen LogP contribution in [-0.4, -0.2) is 41.5 Å². The van der Waals surface area contributed by atoms with Crippen LogP contribution < -0.4 is 0 Å². The van der Waals surface area contributed by atoms with Gasteiger partial charge in [0.1, 0.15) is 0 Å². The van der Waals surface area contributed by atoms with Crippen LogP contribution >= 0.6 is 0 Å². The summed E-state index contributed by atoms with van der Waals surface area (Å²) in [5.41, 5.74) is 3.61. The van der Waals surface area contributed by atoms with Crippen molar-refractivity contribution in [2.24, 2.45) is 11.3 Å². The number of rotatable bonds is 3. The molecular weight excluding hydrogens is 388 g/mol. The molecule has 1 aliphatic heterocycles. The van der Waals surface area contributed by atoms with E-state index in [9.17, 15) is 9.59 Å². The summed E-state index contributed by atoms with van der Waals surface area (Å²) in [5.74, 6) is -0.00382. The van der Waals surface area contributed by atoms with E-state index < -0.39 is 5.97 Å². The SMILES string of the molecule is CC(C)(C)C1CCc2nc3ccccc3c(C(=O)OCC(=O)N3CCCCCC3)c2C1. The zero-order valence-electron chi connectivity index (χ0n) is 19.1. The number of amides is 1. The van der Waals surface area contributed by atoms with Gasteiger partial charge in [-0.15, -0.1) is 0 Å². The molecule has 1 amide bonds. The lowest BCUT2D eigenvalue weighted by molar-refractivity contribution is -0.134. The van der Waals surface area contributed by atoms with Gasteiger partial charge in [-0.05, 0) is 55.1 Å². The fraction of sp³-hybridized carbons (Fsp3) is 0.577. The van der Waals surface area contributed by atoms with Crippen molar-refractivity contribution in [1.82, 2.24) is 9.88 Å². The van der Waals surface area contributed by atoms with Crippen LogP contribution in [0.2, 0.25) is 0 Å². The highest BCUT2D eigenvalue weighted by Crippen LogP contribution is 2.39. The van der Waals surface area contributed by atoms with Crippen LogP contribution in [0.1, 0.15) is 74.5 Å². The predicted molar refractivity (Wildman–Crippen MR) is 122 cm³/mol. The standard InChI is InChI=1S/C26H34N2O3/c1-26(2,3)18-12-13-22-20(16-18)24(19-10-6-7-11-21(19)27-22)25(30)31-17-23(29)28-14-8-4-5-9-15-28/h6-7,10-11,18H,4-5,8-9,12-17H2,1-3H3. The second-order valence-electron chi connectivity index (χ2n) is 10.1. The van der Waals surface area contributed by atoms with Gasteiger partial charge in [0.2, 0.25) is 0 Å². The smallest absolute Gasteiger partial charge is 0.339 e. The number of carbonyl (C=O) groups excluding carboxylic acids is 2. The molecule has 4 rings (SSSR count). The number of hydrogen-bond donors (Lipinski definition) is 0. The number of esters is 1. The molecule has 5 nitrogen and oxygen atoms in total. The Morgan fingerprint density at radius 2 is 1.81 bits per heavy atom. The van der Waals surface area contributed by atoms with Crippen molar-refractivity contribution in [3.05, 3.63) is 41.1 Å². The van der Waals surface area contributed by atoms with Crippen LogP contribution in [-0.2, 0) is 22.4 Å². The normalized spacial score (nSPS) is 19.6. The third-order valence-corrected chi connectivity index (χ3v) is 6.97. The van der Waals surface area contributed by atoms with Crippen molar-refractivity contribution >= 4 is 22.8 Å². The average Bonchev–Trinajstić information content (AvgIpc) is 3.04. The number of fused-ring (bicyclic) bond motifs is 2. The molecule has 1 aromatic heterocycles. The zero-order valence-corrected chi connectivity index (χ0v) is 19.1. The molecule has 0 radical (unpaired) electrons. The summed E-state index contributed by atoms with van der Waals surface area (Å²) < 4.78 is 5.62. The van der Waals surface area contributed by atoms with Gasteiger partial charge < -0.3 is 9.64 Å². The van der Waals surface area contributed by atoms with E-state index in [0.29, 0.717) is 11.5 Å². The lowest BCUT2D eigenvalue weighted by Gasteiger charge is -2.35. The lowest BCUT2D eigenvalue weighted by atomic mass is 9.70. The van der Waals surface area contributed by atoms with Crippen molar-refractivity contribution in [2.45, 2.75) is 65.7 Å². The second-order valence-corrected chi connectivity index (χ2v) is 10.1. The van der Waals surface area contributed by atoms with Gasteiger partial charge in [-0.3, -0.25) is 9.78 Å². The van der Waals surface area contributed by atoms with Crippen LogP contribution in [0.4, 0.5) is 0 Å². The van der Waals surface area contributed by atoms with Crippen molar-refractivity contribution in [3.63, 3.8) is 0 Å². The number of hydrogen-bond acceptors (Lipinski definition) is 4. The van der Waals surface area contributed by atoms with E-state index in [4.69, 9.17) is 9.72 Å². The fourth-order valence-corrected chi connectivity index (χ4v) is 4.97. The molecule has 2 aliphatic rings. The first-order valence-corrected chi connectivity index (χ1v) is 11.7. The maximum Gasteiger partial charge on any atom is 0.339 e. The van der Waals surface area contributed by atoms with Gasteiger partial charge in [0.15, 0.2) is 6.61 Å². The van der Waals surface area contributed by atoms with E-state index >= 15 is 0 Å². The van der Waals surface area contributed by atoms with Gasteiger partial charge >= 0.3 is 5.97 Å². The Balaban J connectivity index is 1.61. The Morgan fingerprint density at radius 1 is 1.10 bits per heavy atom. The summed E-state index contributed by atoms with van der Waals surface area (Å²) in [6.07, 6.45) is 7.13. The topological polar surface area (TPSA) is 59.5 Å². The quantitative estimate of drug-likeness (QED) is 0.657. The number of pyridine rings is 1. The molecule has 1 unspecified atom stereocenters. The lowest BCUT2D eigenvalue weighted by Crippen LogP contribution is -2.35. The van der Waals surface area contributed by atoms with E-state index in [1.807, 2.05) is 29.2 Å². The molecule has 1 atom stereocenters. The Bertz CT molecular complexity index is 969. The Kier molecular flexibility index (Phi) is 6.31. The summed E-state index contributed by atoms with van der Waals surface area (Å²) in [5, 5.41) is 0.822. The first-order chi connectivity index (χ1) is 14.8. The number of nitrogens with zero attached hydrogens (tertiary/aromatic N) is 2. The van der Waals surface area contributed by atoms with E-state index in [1.165, 1.54) is 0 Å². The molecule has 5 heteroatoms. The highest BCUT2D eigenvalue weighted by atomic mass is 16.5. The molecule has 1 saturated heterocycles. The third kappa shape index (κ3) is 4.76. The van der Waals surface area contributed by atoms with Gasteiger partial charge in [0.25, 0.3) is 5.91 Å². The number of aryl methyl sites for hydroxylation is 1. The minimum Gasteiger partial charge on any atom is -0.452 e. The third-order valence-electron chi connectivity index (χ3n) is 6.97. The first-order valence-electron chi connectivity index (χ1n) is 11.7. The largest absolute Gasteiger partial charge is 0.452 e. The molecule has 2 heterocycles. The monoisotopic (exact) mass is 422 g/mol. The van der Waals surface area contributed by atoms with Crippen molar-refractivity contribution in [3.8, 4) is 0 Å². The highest BCUT2D eigenvalue weighted by Gasteiger charge is 2.33. The molecular formula is C26H34N2O3. The average molecular weight is 423 g/mol. The number of aromatic nitrogens is 1. The number of para-hydroxylation sites is 1.